The molecule has 0 bridgehead atoms. The van der Waals surface area contributed by atoms with Crippen LogP contribution in [0.4, 0.5) is 0 Å². The third-order valence-corrected chi connectivity index (χ3v) is 4.54. The van der Waals surface area contributed by atoms with Crippen LogP contribution in [0.15, 0.2) is 18.2 Å². The van der Waals surface area contributed by atoms with Gasteiger partial charge in [-0.05, 0) is 42.5 Å². The minimum atomic E-state index is -1.27. The van der Waals surface area contributed by atoms with Crippen molar-refractivity contribution in [2.75, 3.05) is 18.6 Å². The van der Waals surface area contributed by atoms with Crippen molar-refractivity contribution >= 4 is 23.6 Å². The highest BCUT2D eigenvalue weighted by Gasteiger charge is 2.41. The molecule has 0 radical (unpaired) electrons. The van der Waals surface area contributed by atoms with Gasteiger partial charge in [0.25, 0.3) is 5.91 Å². The summed E-state index contributed by atoms with van der Waals surface area (Å²) in [4.78, 5) is 23.9. The maximum Gasteiger partial charge on any atom is 0.329 e. The zero-order valence-electron chi connectivity index (χ0n) is 11.6. The summed E-state index contributed by atoms with van der Waals surface area (Å²) in [6.07, 6.45) is 0.729. The number of aliphatic carboxylic acids is 1. The Morgan fingerprint density at radius 3 is 2.57 bits per heavy atom. The standard InChI is InChI=1S/C14H17NO5S/c1-20-9-2-3-11(16)10(8-9)12(17)15-14(13(18)19)4-6-21-7-5-14/h2-3,8,16H,4-7H2,1H3,(H,15,17)(H,18,19). The predicted octanol–water partition coefficient (Wildman–Crippen LogP) is 1.48. The van der Waals surface area contributed by atoms with Crippen molar-refractivity contribution in [3.8, 4) is 11.5 Å². The van der Waals surface area contributed by atoms with Crippen LogP contribution in [0.1, 0.15) is 23.2 Å². The number of benzene rings is 1. The maximum atomic E-state index is 12.3. The highest BCUT2D eigenvalue weighted by molar-refractivity contribution is 7.99. The topological polar surface area (TPSA) is 95.9 Å². The summed E-state index contributed by atoms with van der Waals surface area (Å²) in [5.41, 5.74) is -1.26. The average Bonchev–Trinajstić information content (AvgIpc) is 2.48. The Morgan fingerprint density at radius 2 is 2.00 bits per heavy atom. The molecule has 6 nitrogen and oxygen atoms in total. The summed E-state index contributed by atoms with van der Waals surface area (Å²) >= 11 is 1.66. The van der Waals surface area contributed by atoms with E-state index in [4.69, 9.17) is 4.74 Å². The molecule has 7 heteroatoms. The fourth-order valence-corrected chi connectivity index (χ4v) is 3.41. The SMILES string of the molecule is COc1ccc(O)c(C(=O)NC2(C(=O)O)CCSCC2)c1. The Bertz CT molecular complexity index is 554. The van der Waals surface area contributed by atoms with Crippen LogP contribution < -0.4 is 10.1 Å². The number of hydrogen-bond acceptors (Lipinski definition) is 5. The number of hydrogen-bond donors (Lipinski definition) is 3. The molecule has 21 heavy (non-hydrogen) atoms. The van der Waals surface area contributed by atoms with Gasteiger partial charge < -0.3 is 20.3 Å². The summed E-state index contributed by atoms with van der Waals surface area (Å²) in [6.45, 7) is 0. The van der Waals surface area contributed by atoms with Crippen molar-refractivity contribution < 1.29 is 24.5 Å². The van der Waals surface area contributed by atoms with Crippen molar-refractivity contribution in [1.29, 1.82) is 0 Å². The van der Waals surface area contributed by atoms with E-state index in [1.165, 1.54) is 25.3 Å². The highest BCUT2D eigenvalue weighted by atomic mass is 32.2. The molecular weight excluding hydrogens is 294 g/mol. The van der Waals surface area contributed by atoms with Crippen molar-refractivity contribution in [1.82, 2.24) is 5.32 Å². The van der Waals surface area contributed by atoms with Crippen LogP contribution in [-0.2, 0) is 4.79 Å². The van der Waals surface area contributed by atoms with E-state index in [0.29, 0.717) is 30.1 Å². The van der Waals surface area contributed by atoms with Gasteiger partial charge in [0.2, 0.25) is 0 Å². The van der Waals surface area contributed by atoms with Gasteiger partial charge >= 0.3 is 5.97 Å². The first-order valence-corrected chi connectivity index (χ1v) is 7.65. The van der Waals surface area contributed by atoms with Crippen molar-refractivity contribution in [2.45, 2.75) is 18.4 Å². The smallest absolute Gasteiger partial charge is 0.329 e. The Morgan fingerprint density at radius 1 is 1.33 bits per heavy atom. The second-order valence-electron chi connectivity index (χ2n) is 4.84. The van der Waals surface area contributed by atoms with E-state index >= 15 is 0 Å². The number of phenols is 1. The largest absolute Gasteiger partial charge is 0.507 e. The lowest BCUT2D eigenvalue weighted by Crippen LogP contribution is -2.56. The molecule has 1 aliphatic rings. The molecule has 1 aliphatic heterocycles. The molecule has 1 fully saturated rings. The van der Waals surface area contributed by atoms with Gasteiger partial charge in [0, 0.05) is 0 Å². The van der Waals surface area contributed by atoms with Gasteiger partial charge in [-0.25, -0.2) is 4.79 Å². The third kappa shape index (κ3) is 3.24. The number of phenolic OH excluding ortho intramolecular Hbond substituents is 1. The monoisotopic (exact) mass is 311 g/mol. The zero-order valence-corrected chi connectivity index (χ0v) is 12.4. The molecular formula is C14H17NO5S. The first kappa shape index (κ1) is 15.5. The minimum Gasteiger partial charge on any atom is -0.507 e. The molecule has 3 N–H and O–H groups in total. The van der Waals surface area contributed by atoms with Crippen molar-refractivity contribution in [3.63, 3.8) is 0 Å². The number of carboxylic acid groups (broad SMARTS) is 1. The number of rotatable bonds is 4. The number of carbonyl (C=O) groups excluding carboxylic acids is 1. The minimum absolute atomic E-state index is 0.00759. The zero-order chi connectivity index (χ0) is 15.5. The maximum absolute atomic E-state index is 12.3. The number of carbonyl (C=O) groups is 2. The molecule has 114 valence electrons. The molecule has 1 heterocycles. The van der Waals surface area contributed by atoms with E-state index in [1.807, 2.05) is 0 Å². The number of carboxylic acids is 1. The van der Waals surface area contributed by atoms with Gasteiger partial charge in [0.05, 0.1) is 12.7 Å². The Hall–Kier alpha value is -1.89. The van der Waals surface area contributed by atoms with E-state index in [2.05, 4.69) is 5.32 Å². The quantitative estimate of drug-likeness (QED) is 0.779. The van der Waals surface area contributed by atoms with Gasteiger partial charge in [-0.15, -0.1) is 0 Å². The Balaban J connectivity index is 2.25. The molecule has 1 aromatic carbocycles. The van der Waals surface area contributed by atoms with Crippen molar-refractivity contribution in [2.24, 2.45) is 0 Å². The molecule has 0 aliphatic carbocycles. The summed E-state index contributed by atoms with van der Waals surface area (Å²) in [7, 11) is 1.45. The fraction of sp³-hybridized carbons (Fsp3) is 0.429. The van der Waals surface area contributed by atoms with Crippen LogP contribution >= 0.6 is 11.8 Å². The number of methoxy groups -OCH3 is 1. The number of nitrogens with one attached hydrogen (secondary N) is 1. The Labute approximate surface area is 126 Å². The molecule has 0 spiro atoms. The van der Waals surface area contributed by atoms with E-state index in [0.717, 1.165) is 0 Å². The summed E-state index contributed by atoms with van der Waals surface area (Å²) in [5.74, 6) is -0.0901. The van der Waals surface area contributed by atoms with Gasteiger partial charge in [0.15, 0.2) is 0 Å². The molecule has 1 saturated heterocycles. The molecule has 0 atom stereocenters. The number of amides is 1. The van der Waals surface area contributed by atoms with Crippen molar-refractivity contribution in [3.05, 3.63) is 23.8 Å². The predicted molar refractivity (Wildman–Crippen MR) is 79.1 cm³/mol. The lowest BCUT2D eigenvalue weighted by Gasteiger charge is -2.33. The Kier molecular flexibility index (Phi) is 4.62. The molecule has 0 unspecified atom stereocenters. The van der Waals surface area contributed by atoms with Crippen LogP contribution in [-0.4, -0.2) is 46.2 Å². The van der Waals surface area contributed by atoms with Crippen LogP contribution in [0.3, 0.4) is 0 Å². The van der Waals surface area contributed by atoms with E-state index in [1.54, 1.807) is 11.8 Å². The van der Waals surface area contributed by atoms with E-state index < -0.39 is 17.4 Å². The van der Waals surface area contributed by atoms with Gasteiger partial charge in [-0.3, -0.25) is 4.79 Å². The fourth-order valence-electron chi connectivity index (χ4n) is 2.22. The normalized spacial score (nSPS) is 17.0. The van der Waals surface area contributed by atoms with Crippen LogP contribution in [0.25, 0.3) is 0 Å². The molecule has 0 saturated carbocycles. The molecule has 1 amide bonds. The highest BCUT2D eigenvalue weighted by Crippen LogP contribution is 2.29. The lowest BCUT2D eigenvalue weighted by atomic mass is 9.91. The van der Waals surface area contributed by atoms with Crippen LogP contribution in [0, 0.1) is 0 Å². The van der Waals surface area contributed by atoms with Gasteiger partial charge in [-0.2, -0.15) is 11.8 Å². The lowest BCUT2D eigenvalue weighted by molar-refractivity contribution is -0.144. The number of ether oxygens (including phenoxy) is 1. The third-order valence-electron chi connectivity index (χ3n) is 3.56. The van der Waals surface area contributed by atoms with E-state index in [-0.39, 0.29) is 11.3 Å². The summed E-state index contributed by atoms with van der Waals surface area (Å²) in [5, 5.41) is 21.8. The molecule has 2 rings (SSSR count). The summed E-state index contributed by atoms with van der Waals surface area (Å²) < 4.78 is 5.01. The van der Waals surface area contributed by atoms with Gasteiger partial charge in [0.1, 0.15) is 17.0 Å². The second kappa shape index (κ2) is 6.26. The average molecular weight is 311 g/mol. The first-order valence-electron chi connectivity index (χ1n) is 6.49. The molecule has 0 aromatic heterocycles. The number of aromatic hydroxyl groups is 1. The van der Waals surface area contributed by atoms with Crippen LogP contribution in [0.5, 0.6) is 11.5 Å². The second-order valence-corrected chi connectivity index (χ2v) is 6.06. The van der Waals surface area contributed by atoms with E-state index in [9.17, 15) is 19.8 Å². The number of thioether (sulfide) groups is 1. The molecule has 1 aromatic rings. The first-order chi connectivity index (χ1) is 9.98. The van der Waals surface area contributed by atoms with Crippen LogP contribution in [0.2, 0.25) is 0 Å². The van der Waals surface area contributed by atoms with Gasteiger partial charge in [-0.1, -0.05) is 0 Å². The summed E-state index contributed by atoms with van der Waals surface area (Å²) in [6, 6.07) is 4.26.